The lowest BCUT2D eigenvalue weighted by Gasteiger charge is -2.20. The molecule has 2 N–H and O–H groups in total. The summed E-state index contributed by atoms with van der Waals surface area (Å²) < 4.78 is 2.20. The number of amides is 1. The van der Waals surface area contributed by atoms with Crippen molar-refractivity contribution in [2.45, 2.75) is 12.5 Å². The second-order valence-corrected chi connectivity index (χ2v) is 6.83. The Morgan fingerprint density at radius 2 is 1.76 bits per heavy atom. The molecule has 0 aliphatic heterocycles. The molecule has 5 nitrogen and oxygen atoms in total. The lowest BCUT2D eigenvalue weighted by atomic mass is 9.98. The smallest absolute Gasteiger partial charge is 0.267 e. The van der Waals surface area contributed by atoms with Gasteiger partial charge in [-0.15, -0.1) is 0 Å². The molecule has 3 aromatic carbocycles. The van der Waals surface area contributed by atoms with Gasteiger partial charge in [-0.2, -0.15) is 0 Å². The van der Waals surface area contributed by atoms with Crippen LogP contribution in [0, 0.1) is 0 Å². The minimum atomic E-state index is -0.567. The normalized spacial score (nSPS) is 12.3. The van der Waals surface area contributed by atoms with E-state index in [1.807, 2.05) is 36.7 Å². The lowest BCUT2D eigenvalue weighted by Crippen LogP contribution is -2.14. The number of carbonyl (C=O) groups excluding carboxylic acids is 1. The van der Waals surface area contributed by atoms with Gasteiger partial charge in [-0.25, -0.2) is 10.5 Å². The van der Waals surface area contributed by atoms with Gasteiger partial charge in [0.05, 0.1) is 23.4 Å². The molecule has 0 radical (unpaired) electrons. The van der Waals surface area contributed by atoms with Gasteiger partial charge in [0.1, 0.15) is 0 Å². The largest absolute Gasteiger partial charge is 0.323 e. The molecule has 4 rings (SSSR count). The quantitative estimate of drug-likeness (QED) is 0.295. The summed E-state index contributed by atoms with van der Waals surface area (Å²) in [6.45, 7) is 0. The van der Waals surface area contributed by atoms with Gasteiger partial charge in [0.15, 0.2) is 0 Å². The maximum Gasteiger partial charge on any atom is 0.267 e. The van der Waals surface area contributed by atoms with E-state index in [0.717, 1.165) is 23.0 Å². The highest BCUT2D eigenvalue weighted by molar-refractivity contribution is 5.91. The van der Waals surface area contributed by atoms with E-state index in [0.29, 0.717) is 0 Å². The van der Waals surface area contributed by atoms with Gasteiger partial charge in [0.2, 0.25) is 0 Å². The van der Waals surface area contributed by atoms with Crippen molar-refractivity contribution in [2.24, 2.45) is 0 Å². The van der Waals surface area contributed by atoms with E-state index >= 15 is 0 Å². The first-order valence-electron chi connectivity index (χ1n) is 9.42. The van der Waals surface area contributed by atoms with Crippen molar-refractivity contribution in [3.05, 3.63) is 108 Å². The summed E-state index contributed by atoms with van der Waals surface area (Å²) >= 11 is 0. The Kier molecular flexibility index (Phi) is 5.49. The number of benzene rings is 3. The molecule has 144 valence electrons. The monoisotopic (exact) mass is 383 g/mol. The standard InChI is InChI=1S/C24H21N3O2/c28-24(26-29)14-12-19-11-13-22-21(15-19)25-17-27(22)23(20-9-5-2-6-10-20)16-18-7-3-1-4-8-18/h1-15,17,23,29H,16H2,(H,26,28). The highest BCUT2D eigenvalue weighted by Crippen LogP contribution is 2.27. The van der Waals surface area contributed by atoms with Crippen LogP contribution in [0.3, 0.4) is 0 Å². The molecular formula is C24H21N3O2. The zero-order valence-electron chi connectivity index (χ0n) is 15.8. The zero-order chi connectivity index (χ0) is 20.1. The van der Waals surface area contributed by atoms with Gasteiger partial charge in [-0.3, -0.25) is 10.0 Å². The minimum Gasteiger partial charge on any atom is -0.323 e. The fourth-order valence-electron chi connectivity index (χ4n) is 3.50. The molecule has 0 aliphatic carbocycles. The van der Waals surface area contributed by atoms with Crippen molar-refractivity contribution in [3.8, 4) is 0 Å². The van der Waals surface area contributed by atoms with Crippen LogP contribution in [-0.4, -0.2) is 20.7 Å². The molecule has 5 heteroatoms. The SMILES string of the molecule is O=C(C=Cc1ccc2c(c1)ncn2C(Cc1ccccc1)c1ccccc1)NO. The molecule has 0 saturated carbocycles. The summed E-state index contributed by atoms with van der Waals surface area (Å²) in [5, 5.41) is 8.61. The predicted octanol–water partition coefficient (Wildman–Crippen LogP) is 4.39. The molecule has 29 heavy (non-hydrogen) atoms. The fourth-order valence-corrected chi connectivity index (χ4v) is 3.50. The topological polar surface area (TPSA) is 67.2 Å². The van der Waals surface area contributed by atoms with Gasteiger partial charge >= 0.3 is 0 Å². The summed E-state index contributed by atoms with van der Waals surface area (Å²) in [5.41, 5.74) is 6.79. The number of rotatable bonds is 6. The van der Waals surface area contributed by atoms with Gasteiger partial charge in [-0.05, 0) is 41.3 Å². The Bertz CT molecular complexity index is 1130. The van der Waals surface area contributed by atoms with E-state index in [-0.39, 0.29) is 6.04 Å². The lowest BCUT2D eigenvalue weighted by molar-refractivity contribution is -0.124. The Morgan fingerprint density at radius 3 is 2.48 bits per heavy atom. The molecule has 1 amide bonds. The first kappa shape index (κ1) is 18.7. The molecule has 0 saturated heterocycles. The third-order valence-electron chi connectivity index (χ3n) is 4.93. The third kappa shape index (κ3) is 4.25. The van der Waals surface area contributed by atoms with Crippen molar-refractivity contribution in [1.29, 1.82) is 0 Å². The molecule has 0 fully saturated rings. The van der Waals surface area contributed by atoms with Crippen LogP contribution in [-0.2, 0) is 11.2 Å². The van der Waals surface area contributed by atoms with E-state index in [1.165, 1.54) is 17.2 Å². The number of hydrogen-bond donors (Lipinski definition) is 2. The van der Waals surface area contributed by atoms with E-state index in [2.05, 4.69) is 58.1 Å². The summed E-state index contributed by atoms with van der Waals surface area (Å²) in [4.78, 5) is 15.8. The van der Waals surface area contributed by atoms with Gasteiger partial charge in [0, 0.05) is 6.08 Å². The van der Waals surface area contributed by atoms with E-state index in [1.54, 1.807) is 11.6 Å². The molecule has 0 bridgehead atoms. The maximum absolute atomic E-state index is 11.2. The minimum absolute atomic E-state index is 0.116. The van der Waals surface area contributed by atoms with E-state index in [9.17, 15) is 4.79 Å². The molecule has 0 spiro atoms. The van der Waals surface area contributed by atoms with E-state index < -0.39 is 5.91 Å². The Balaban J connectivity index is 1.72. The molecule has 4 aromatic rings. The average Bonchev–Trinajstić information content (AvgIpc) is 3.20. The van der Waals surface area contributed by atoms with Crippen LogP contribution in [0.15, 0.2) is 91.3 Å². The van der Waals surface area contributed by atoms with Crippen LogP contribution in [0.5, 0.6) is 0 Å². The van der Waals surface area contributed by atoms with Crippen LogP contribution >= 0.6 is 0 Å². The third-order valence-corrected chi connectivity index (χ3v) is 4.93. The molecule has 1 aromatic heterocycles. The summed E-state index contributed by atoms with van der Waals surface area (Å²) in [6.07, 6.45) is 5.65. The van der Waals surface area contributed by atoms with Crippen LogP contribution < -0.4 is 5.48 Å². The van der Waals surface area contributed by atoms with Crippen LogP contribution in [0.2, 0.25) is 0 Å². The Morgan fingerprint density at radius 1 is 1.03 bits per heavy atom. The van der Waals surface area contributed by atoms with Gasteiger partial charge in [0.25, 0.3) is 5.91 Å². The number of nitrogens with zero attached hydrogens (tertiary/aromatic N) is 2. The summed E-state index contributed by atoms with van der Waals surface area (Å²) in [5.74, 6) is -0.567. The average molecular weight is 383 g/mol. The number of hydrogen-bond acceptors (Lipinski definition) is 3. The number of aromatic nitrogens is 2. The molecule has 0 aliphatic rings. The zero-order valence-corrected chi connectivity index (χ0v) is 15.8. The number of carbonyl (C=O) groups is 1. The van der Waals surface area contributed by atoms with Crippen molar-refractivity contribution in [1.82, 2.24) is 15.0 Å². The number of imidazole rings is 1. The first-order valence-corrected chi connectivity index (χ1v) is 9.42. The summed E-state index contributed by atoms with van der Waals surface area (Å²) in [7, 11) is 0. The second kappa shape index (κ2) is 8.54. The maximum atomic E-state index is 11.2. The second-order valence-electron chi connectivity index (χ2n) is 6.83. The summed E-state index contributed by atoms with van der Waals surface area (Å²) in [6, 6.07) is 26.9. The molecule has 1 unspecified atom stereocenters. The van der Waals surface area contributed by atoms with Gasteiger partial charge in [-0.1, -0.05) is 66.7 Å². The number of nitrogens with one attached hydrogen (secondary N) is 1. The van der Waals surface area contributed by atoms with E-state index in [4.69, 9.17) is 5.21 Å². The van der Waals surface area contributed by atoms with Crippen molar-refractivity contribution in [3.63, 3.8) is 0 Å². The highest BCUT2D eigenvalue weighted by Gasteiger charge is 2.17. The van der Waals surface area contributed by atoms with Crippen LogP contribution in [0.1, 0.15) is 22.7 Å². The van der Waals surface area contributed by atoms with Gasteiger partial charge < -0.3 is 4.57 Å². The predicted molar refractivity (Wildman–Crippen MR) is 113 cm³/mol. The number of fused-ring (bicyclic) bond motifs is 1. The Hall–Kier alpha value is -3.70. The molecule has 1 atom stereocenters. The van der Waals surface area contributed by atoms with Crippen molar-refractivity contribution < 1.29 is 10.0 Å². The van der Waals surface area contributed by atoms with Crippen LogP contribution in [0.25, 0.3) is 17.1 Å². The highest BCUT2D eigenvalue weighted by atomic mass is 16.5. The fraction of sp³-hybridized carbons (Fsp3) is 0.0833. The van der Waals surface area contributed by atoms with Crippen molar-refractivity contribution >= 4 is 23.0 Å². The van der Waals surface area contributed by atoms with Crippen molar-refractivity contribution in [2.75, 3.05) is 0 Å². The number of hydroxylamine groups is 1. The Labute approximate surface area is 168 Å². The first-order chi connectivity index (χ1) is 14.2. The van der Waals surface area contributed by atoms with Crippen LogP contribution in [0.4, 0.5) is 0 Å². The molecule has 1 heterocycles. The molecular weight excluding hydrogens is 362 g/mol.